The Labute approximate surface area is 129 Å². The molecule has 3 fully saturated rings. The van der Waals surface area contributed by atoms with Crippen LogP contribution in [0.1, 0.15) is 6.42 Å². The van der Waals surface area contributed by atoms with Gasteiger partial charge in [-0.05, 0) is 12.5 Å². The van der Waals surface area contributed by atoms with Crippen molar-refractivity contribution >= 4 is 11.9 Å². The molecule has 2 bridgehead atoms. The minimum atomic E-state index is -0.0575. The number of nitrogens with zero attached hydrogens (tertiary/aromatic N) is 4. The van der Waals surface area contributed by atoms with E-state index in [9.17, 15) is 4.79 Å². The van der Waals surface area contributed by atoms with E-state index in [-0.39, 0.29) is 24.0 Å². The number of ether oxygens (including phenoxy) is 2. The zero-order valence-electron chi connectivity index (χ0n) is 12.4. The predicted molar refractivity (Wildman–Crippen MR) is 78.4 cm³/mol. The van der Waals surface area contributed by atoms with E-state index >= 15 is 0 Å². The topological polar surface area (TPSA) is 67.8 Å². The molecule has 0 N–H and O–H groups in total. The summed E-state index contributed by atoms with van der Waals surface area (Å²) < 4.78 is 11.3. The molecule has 22 heavy (non-hydrogen) atoms. The minimum absolute atomic E-state index is 0.0446. The van der Waals surface area contributed by atoms with Gasteiger partial charge >= 0.3 is 0 Å². The van der Waals surface area contributed by atoms with E-state index in [1.165, 1.54) is 0 Å². The van der Waals surface area contributed by atoms with Crippen LogP contribution < -0.4 is 4.90 Å². The van der Waals surface area contributed by atoms with Gasteiger partial charge in [-0.2, -0.15) is 0 Å². The molecule has 3 saturated heterocycles. The number of hydrogen-bond acceptors (Lipinski definition) is 6. The van der Waals surface area contributed by atoms with Gasteiger partial charge in [0.2, 0.25) is 11.9 Å². The highest BCUT2D eigenvalue weighted by Gasteiger charge is 2.46. The number of anilines is 1. The second kappa shape index (κ2) is 5.81. The number of hydrogen-bond donors (Lipinski definition) is 0. The highest BCUT2D eigenvalue weighted by molar-refractivity contribution is 5.80. The standard InChI is InChI=1S/C15H20N4O3/c20-14(18-4-6-21-7-5-18)12-8-11-9-19(10-13(12)22-11)15-16-2-1-3-17-15/h1-3,11-13H,4-10H2/t11-,12-,13+/m0/s1. The van der Waals surface area contributed by atoms with Gasteiger partial charge in [0.25, 0.3) is 0 Å². The number of fused-ring (bicyclic) bond motifs is 2. The highest BCUT2D eigenvalue weighted by atomic mass is 16.5. The summed E-state index contributed by atoms with van der Waals surface area (Å²) in [5.74, 6) is 0.892. The number of amides is 1. The van der Waals surface area contributed by atoms with E-state index in [4.69, 9.17) is 9.47 Å². The second-order valence-electron chi connectivity index (χ2n) is 6.03. The maximum Gasteiger partial charge on any atom is 0.228 e. The molecule has 4 rings (SSSR count). The third-order valence-corrected chi connectivity index (χ3v) is 4.63. The number of carbonyl (C=O) groups is 1. The van der Waals surface area contributed by atoms with Crippen LogP contribution in [0.15, 0.2) is 18.5 Å². The number of morpholine rings is 2. The van der Waals surface area contributed by atoms with Crippen LogP contribution in [0.5, 0.6) is 0 Å². The number of aromatic nitrogens is 2. The van der Waals surface area contributed by atoms with Crippen LogP contribution in [0, 0.1) is 5.92 Å². The fraction of sp³-hybridized carbons (Fsp3) is 0.667. The second-order valence-corrected chi connectivity index (χ2v) is 6.03. The number of carbonyl (C=O) groups excluding carboxylic acids is 1. The molecule has 0 spiro atoms. The van der Waals surface area contributed by atoms with Crippen LogP contribution in [0.4, 0.5) is 5.95 Å². The molecule has 0 unspecified atom stereocenters. The molecule has 0 aliphatic carbocycles. The Balaban J connectivity index is 1.46. The molecule has 0 radical (unpaired) electrons. The predicted octanol–water partition coefficient (Wildman–Crippen LogP) is -0.0709. The lowest BCUT2D eigenvalue weighted by atomic mass is 9.98. The summed E-state index contributed by atoms with van der Waals surface area (Å²) >= 11 is 0. The zero-order chi connectivity index (χ0) is 14.9. The summed E-state index contributed by atoms with van der Waals surface area (Å²) in [7, 11) is 0. The van der Waals surface area contributed by atoms with Crippen molar-refractivity contribution in [3.8, 4) is 0 Å². The number of rotatable bonds is 2. The van der Waals surface area contributed by atoms with Crippen molar-refractivity contribution < 1.29 is 14.3 Å². The molecule has 1 aromatic rings. The lowest BCUT2D eigenvalue weighted by Gasteiger charge is -2.34. The van der Waals surface area contributed by atoms with Crippen molar-refractivity contribution in [3.63, 3.8) is 0 Å². The zero-order valence-corrected chi connectivity index (χ0v) is 12.4. The first-order chi connectivity index (χ1) is 10.8. The van der Waals surface area contributed by atoms with E-state index in [0.717, 1.165) is 18.9 Å². The first-order valence-electron chi connectivity index (χ1n) is 7.85. The summed E-state index contributed by atoms with van der Waals surface area (Å²) in [6, 6.07) is 1.81. The van der Waals surface area contributed by atoms with Gasteiger partial charge in [-0.3, -0.25) is 4.79 Å². The molecule has 1 aromatic heterocycles. The average Bonchev–Trinajstić information content (AvgIpc) is 2.89. The molecule has 4 heterocycles. The van der Waals surface area contributed by atoms with Gasteiger partial charge in [0.05, 0.1) is 31.3 Å². The molecular weight excluding hydrogens is 284 g/mol. The summed E-state index contributed by atoms with van der Waals surface area (Å²) in [6.07, 6.45) is 4.33. The van der Waals surface area contributed by atoms with E-state index in [0.29, 0.717) is 32.8 Å². The van der Waals surface area contributed by atoms with Gasteiger partial charge in [-0.1, -0.05) is 0 Å². The Morgan fingerprint density at radius 2 is 1.95 bits per heavy atom. The van der Waals surface area contributed by atoms with Gasteiger partial charge in [0.1, 0.15) is 0 Å². The molecule has 0 saturated carbocycles. The molecule has 3 atom stereocenters. The van der Waals surface area contributed by atoms with E-state index in [1.807, 2.05) is 11.0 Å². The third-order valence-electron chi connectivity index (χ3n) is 4.63. The molecule has 3 aliphatic heterocycles. The Kier molecular flexibility index (Phi) is 3.67. The van der Waals surface area contributed by atoms with Gasteiger partial charge in [-0.15, -0.1) is 0 Å². The Hall–Kier alpha value is -1.73. The van der Waals surface area contributed by atoms with Gasteiger partial charge in [0.15, 0.2) is 0 Å². The summed E-state index contributed by atoms with van der Waals surface area (Å²) in [5.41, 5.74) is 0. The first-order valence-corrected chi connectivity index (χ1v) is 7.85. The van der Waals surface area contributed by atoms with Crippen molar-refractivity contribution in [2.45, 2.75) is 18.6 Å². The Morgan fingerprint density at radius 1 is 1.18 bits per heavy atom. The molecule has 7 heteroatoms. The average molecular weight is 304 g/mol. The first kappa shape index (κ1) is 13.9. The maximum atomic E-state index is 12.7. The van der Waals surface area contributed by atoms with Crippen LogP contribution in [-0.4, -0.2) is 72.4 Å². The van der Waals surface area contributed by atoms with Crippen molar-refractivity contribution in [2.24, 2.45) is 5.92 Å². The molecule has 7 nitrogen and oxygen atoms in total. The molecular formula is C15H20N4O3. The quantitative estimate of drug-likeness (QED) is 0.762. The Bertz CT molecular complexity index is 535. The van der Waals surface area contributed by atoms with E-state index in [2.05, 4.69) is 14.9 Å². The lowest BCUT2D eigenvalue weighted by molar-refractivity contribution is -0.141. The van der Waals surface area contributed by atoms with Crippen LogP contribution in [0.25, 0.3) is 0 Å². The SMILES string of the molecule is O=C([C@H]1C[C@H]2CN(c3ncccn3)C[C@H]1O2)N1CCOCC1. The lowest BCUT2D eigenvalue weighted by Crippen LogP contribution is -2.48. The van der Waals surface area contributed by atoms with Crippen LogP contribution in [-0.2, 0) is 14.3 Å². The summed E-state index contributed by atoms with van der Waals surface area (Å²) in [4.78, 5) is 25.4. The van der Waals surface area contributed by atoms with Crippen molar-refractivity contribution in [1.29, 1.82) is 0 Å². The molecule has 0 aromatic carbocycles. The largest absolute Gasteiger partial charge is 0.378 e. The van der Waals surface area contributed by atoms with Crippen molar-refractivity contribution in [1.82, 2.24) is 14.9 Å². The monoisotopic (exact) mass is 304 g/mol. The maximum absolute atomic E-state index is 12.7. The normalized spacial score (nSPS) is 31.4. The third kappa shape index (κ3) is 2.55. The van der Waals surface area contributed by atoms with E-state index in [1.54, 1.807) is 12.4 Å². The minimum Gasteiger partial charge on any atom is -0.378 e. The Morgan fingerprint density at radius 3 is 2.73 bits per heavy atom. The van der Waals surface area contributed by atoms with Gasteiger partial charge in [0, 0.05) is 38.6 Å². The fourth-order valence-electron chi connectivity index (χ4n) is 3.55. The smallest absolute Gasteiger partial charge is 0.228 e. The molecule has 3 aliphatic rings. The van der Waals surface area contributed by atoms with Crippen LogP contribution in [0.2, 0.25) is 0 Å². The summed E-state index contributed by atoms with van der Waals surface area (Å²) in [6.45, 7) is 4.10. The van der Waals surface area contributed by atoms with Crippen LogP contribution >= 0.6 is 0 Å². The van der Waals surface area contributed by atoms with Gasteiger partial charge in [-0.25, -0.2) is 9.97 Å². The van der Waals surface area contributed by atoms with Crippen LogP contribution in [0.3, 0.4) is 0 Å². The molecule has 1 amide bonds. The summed E-state index contributed by atoms with van der Waals surface area (Å²) in [5, 5.41) is 0. The highest BCUT2D eigenvalue weighted by Crippen LogP contribution is 2.34. The van der Waals surface area contributed by atoms with E-state index < -0.39 is 0 Å². The fourth-order valence-corrected chi connectivity index (χ4v) is 3.55. The van der Waals surface area contributed by atoms with Crippen molar-refractivity contribution in [3.05, 3.63) is 18.5 Å². The van der Waals surface area contributed by atoms with Crippen molar-refractivity contribution in [2.75, 3.05) is 44.3 Å². The molecule has 118 valence electrons. The van der Waals surface area contributed by atoms with Gasteiger partial charge < -0.3 is 19.3 Å².